The first-order valence-corrected chi connectivity index (χ1v) is 8.38. The summed E-state index contributed by atoms with van der Waals surface area (Å²) in [5.41, 5.74) is 0.710. The molecule has 122 valence electrons. The highest BCUT2D eigenvalue weighted by molar-refractivity contribution is 5.79. The van der Waals surface area contributed by atoms with Crippen molar-refractivity contribution in [3.05, 3.63) is 40.7 Å². The average molecular weight is 313 g/mol. The van der Waals surface area contributed by atoms with E-state index in [4.69, 9.17) is 0 Å². The van der Waals surface area contributed by atoms with Crippen LogP contribution in [0.25, 0.3) is 10.9 Å². The molecule has 1 fully saturated rings. The van der Waals surface area contributed by atoms with Gasteiger partial charge < -0.3 is 4.90 Å². The van der Waals surface area contributed by atoms with Crippen molar-refractivity contribution in [1.82, 2.24) is 14.7 Å². The molecule has 3 rings (SSSR count). The van der Waals surface area contributed by atoms with E-state index in [-0.39, 0.29) is 11.3 Å². The summed E-state index contributed by atoms with van der Waals surface area (Å²) in [7, 11) is 0. The third kappa shape index (κ3) is 3.60. The van der Waals surface area contributed by atoms with E-state index in [1.807, 2.05) is 23.1 Å². The van der Waals surface area contributed by atoms with Gasteiger partial charge in [-0.1, -0.05) is 19.1 Å². The number of likely N-dealkylation sites (tertiary alicyclic amines) is 1. The second-order valence-corrected chi connectivity index (χ2v) is 6.42. The van der Waals surface area contributed by atoms with Gasteiger partial charge in [-0.2, -0.15) is 5.10 Å². The van der Waals surface area contributed by atoms with Gasteiger partial charge in [0, 0.05) is 24.9 Å². The largest absolute Gasteiger partial charge is 0.343 e. The number of aryl methyl sites for hydroxylation is 1. The number of amides is 1. The maximum Gasteiger partial charge on any atom is 0.224 e. The number of carbonyl (C=O) groups excluding carboxylic acids is 1. The van der Waals surface area contributed by atoms with Gasteiger partial charge in [-0.15, -0.1) is 0 Å². The Labute approximate surface area is 135 Å². The van der Waals surface area contributed by atoms with Crippen LogP contribution in [0.1, 0.15) is 32.6 Å². The van der Waals surface area contributed by atoms with E-state index in [0.717, 1.165) is 31.4 Å². The van der Waals surface area contributed by atoms with Crippen molar-refractivity contribution in [3.63, 3.8) is 0 Å². The van der Waals surface area contributed by atoms with E-state index in [2.05, 4.69) is 12.0 Å². The molecule has 1 aliphatic heterocycles. The molecule has 1 atom stereocenters. The Kier molecular flexibility index (Phi) is 4.74. The van der Waals surface area contributed by atoms with E-state index < -0.39 is 0 Å². The van der Waals surface area contributed by atoms with E-state index in [1.54, 1.807) is 10.7 Å². The van der Waals surface area contributed by atoms with Crippen LogP contribution in [0.4, 0.5) is 0 Å². The Bertz CT molecular complexity index is 753. The van der Waals surface area contributed by atoms with Gasteiger partial charge in [0.15, 0.2) is 0 Å². The Morgan fingerprint density at radius 3 is 2.96 bits per heavy atom. The van der Waals surface area contributed by atoms with Crippen LogP contribution < -0.4 is 5.43 Å². The molecule has 0 spiro atoms. The number of hydrogen-bond donors (Lipinski definition) is 0. The zero-order valence-corrected chi connectivity index (χ0v) is 13.6. The number of aromatic nitrogens is 2. The minimum Gasteiger partial charge on any atom is -0.343 e. The van der Waals surface area contributed by atoms with Crippen LogP contribution in [0.15, 0.2) is 35.3 Å². The molecule has 0 radical (unpaired) electrons. The molecule has 1 aromatic heterocycles. The number of rotatable bonds is 3. The molecule has 2 heterocycles. The lowest BCUT2D eigenvalue weighted by Crippen LogP contribution is -2.32. The van der Waals surface area contributed by atoms with Crippen LogP contribution in [0.3, 0.4) is 0 Å². The summed E-state index contributed by atoms with van der Waals surface area (Å²) in [4.78, 5) is 26.3. The van der Waals surface area contributed by atoms with Crippen molar-refractivity contribution >= 4 is 16.8 Å². The van der Waals surface area contributed by atoms with Crippen molar-refractivity contribution in [3.8, 4) is 0 Å². The van der Waals surface area contributed by atoms with Gasteiger partial charge in [0.2, 0.25) is 11.3 Å². The Morgan fingerprint density at radius 1 is 1.26 bits per heavy atom. The smallest absolute Gasteiger partial charge is 0.224 e. The van der Waals surface area contributed by atoms with Crippen LogP contribution >= 0.6 is 0 Å². The molecule has 1 saturated heterocycles. The summed E-state index contributed by atoms with van der Waals surface area (Å²) in [6.07, 6.45) is 5.14. The van der Waals surface area contributed by atoms with Crippen LogP contribution in [0, 0.1) is 5.92 Å². The number of hydrogen-bond acceptors (Lipinski definition) is 3. The standard InChI is InChI=1S/C18H23N3O2/c1-14-5-4-10-20(11-8-14)18(23)9-12-21-16-7-3-2-6-15(16)17(22)13-19-21/h2-3,6-7,13-14H,4-5,8-12H2,1H3/t14-/m1/s1. The quantitative estimate of drug-likeness (QED) is 0.874. The summed E-state index contributed by atoms with van der Waals surface area (Å²) in [5, 5.41) is 4.84. The number of carbonyl (C=O) groups is 1. The summed E-state index contributed by atoms with van der Waals surface area (Å²) in [6, 6.07) is 7.41. The van der Waals surface area contributed by atoms with Crippen LogP contribution in [0.2, 0.25) is 0 Å². The molecule has 0 unspecified atom stereocenters. The van der Waals surface area contributed by atoms with Gasteiger partial charge in [0.25, 0.3) is 0 Å². The maximum absolute atomic E-state index is 12.5. The molecule has 1 amide bonds. The summed E-state index contributed by atoms with van der Waals surface area (Å²) in [5.74, 6) is 0.890. The second kappa shape index (κ2) is 6.94. The molecule has 5 nitrogen and oxygen atoms in total. The van der Waals surface area contributed by atoms with Gasteiger partial charge in [-0.25, -0.2) is 0 Å². The number of fused-ring (bicyclic) bond motifs is 1. The third-order valence-corrected chi connectivity index (χ3v) is 4.67. The monoisotopic (exact) mass is 313 g/mol. The van der Waals surface area contributed by atoms with Gasteiger partial charge >= 0.3 is 0 Å². The molecule has 1 aliphatic rings. The average Bonchev–Trinajstić information content (AvgIpc) is 2.79. The predicted octanol–water partition coefficient (Wildman–Crippen LogP) is 2.44. The fourth-order valence-electron chi connectivity index (χ4n) is 3.21. The summed E-state index contributed by atoms with van der Waals surface area (Å²) >= 11 is 0. The number of benzene rings is 1. The van der Waals surface area contributed by atoms with Crippen LogP contribution in [-0.4, -0.2) is 33.7 Å². The van der Waals surface area contributed by atoms with Crippen molar-refractivity contribution < 1.29 is 4.79 Å². The number of para-hydroxylation sites is 1. The third-order valence-electron chi connectivity index (χ3n) is 4.67. The van der Waals surface area contributed by atoms with Crippen LogP contribution in [0.5, 0.6) is 0 Å². The predicted molar refractivity (Wildman–Crippen MR) is 90.2 cm³/mol. The summed E-state index contributed by atoms with van der Waals surface area (Å²) < 4.78 is 1.76. The molecular weight excluding hydrogens is 290 g/mol. The van der Waals surface area contributed by atoms with Gasteiger partial charge in [0.05, 0.1) is 18.3 Å². The molecule has 1 aromatic carbocycles. The van der Waals surface area contributed by atoms with Gasteiger partial charge in [-0.3, -0.25) is 14.3 Å². The Hall–Kier alpha value is -2.17. The number of nitrogens with zero attached hydrogens (tertiary/aromatic N) is 3. The van der Waals surface area contributed by atoms with Gasteiger partial charge in [0.1, 0.15) is 0 Å². The van der Waals surface area contributed by atoms with Crippen molar-refractivity contribution in [1.29, 1.82) is 0 Å². The second-order valence-electron chi connectivity index (χ2n) is 6.42. The molecule has 0 saturated carbocycles. The summed E-state index contributed by atoms with van der Waals surface area (Å²) in [6.45, 7) is 4.48. The first-order chi connectivity index (χ1) is 11.1. The fraction of sp³-hybridized carbons (Fsp3) is 0.500. The topological polar surface area (TPSA) is 55.2 Å². The Morgan fingerprint density at radius 2 is 2.09 bits per heavy atom. The minimum absolute atomic E-state index is 0.0790. The van der Waals surface area contributed by atoms with E-state index in [0.29, 0.717) is 24.3 Å². The lowest BCUT2D eigenvalue weighted by atomic mass is 10.0. The fourth-order valence-corrected chi connectivity index (χ4v) is 3.21. The SMILES string of the molecule is C[C@@H]1CCCN(C(=O)CCn2ncc(=O)c3ccccc32)CC1. The molecule has 0 aliphatic carbocycles. The molecule has 0 bridgehead atoms. The highest BCUT2D eigenvalue weighted by Crippen LogP contribution is 2.17. The van der Waals surface area contributed by atoms with E-state index in [1.165, 1.54) is 12.6 Å². The minimum atomic E-state index is -0.0790. The first-order valence-electron chi connectivity index (χ1n) is 8.38. The first kappa shape index (κ1) is 15.7. The van der Waals surface area contributed by atoms with Crippen molar-refractivity contribution in [2.75, 3.05) is 13.1 Å². The van der Waals surface area contributed by atoms with Crippen molar-refractivity contribution in [2.24, 2.45) is 5.92 Å². The van der Waals surface area contributed by atoms with Crippen molar-refractivity contribution in [2.45, 2.75) is 39.2 Å². The molecule has 5 heteroatoms. The van der Waals surface area contributed by atoms with E-state index in [9.17, 15) is 9.59 Å². The highest BCUT2D eigenvalue weighted by atomic mass is 16.2. The molecular formula is C18H23N3O2. The Balaban J connectivity index is 1.70. The van der Waals surface area contributed by atoms with E-state index >= 15 is 0 Å². The molecule has 0 N–H and O–H groups in total. The molecule has 2 aromatic rings. The lowest BCUT2D eigenvalue weighted by molar-refractivity contribution is -0.131. The normalized spacial score (nSPS) is 18.8. The van der Waals surface area contributed by atoms with Gasteiger partial charge in [-0.05, 0) is 37.3 Å². The molecule has 23 heavy (non-hydrogen) atoms. The van der Waals surface area contributed by atoms with Crippen LogP contribution in [-0.2, 0) is 11.3 Å². The lowest BCUT2D eigenvalue weighted by Gasteiger charge is -2.20. The maximum atomic E-state index is 12.5. The highest BCUT2D eigenvalue weighted by Gasteiger charge is 2.18. The zero-order chi connectivity index (χ0) is 16.2. The zero-order valence-electron chi connectivity index (χ0n) is 13.6.